The van der Waals surface area contributed by atoms with Crippen LogP contribution in [0.1, 0.15) is 33.7 Å². The zero-order valence-corrected chi connectivity index (χ0v) is 13.6. The van der Waals surface area contributed by atoms with Crippen LogP contribution in [0.15, 0.2) is 48.8 Å². The van der Waals surface area contributed by atoms with E-state index in [-0.39, 0.29) is 24.0 Å². The Morgan fingerprint density at radius 3 is 2.14 bits per heavy atom. The van der Waals surface area contributed by atoms with Crippen molar-refractivity contribution in [2.75, 3.05) is 5.32 Å². The zero-order chi connectivity index (χ0) is 16.1. The number of benzene rings is 1. The first-order chi connectivity index (χ1) is 10.5. The van der Waals surface area contributed by atoms with Crippen molar-refractivity contribution in [1.82, 2.24) is 4.57 Å². The monoisotopic (exact) mass is 300 g/mol. The number of carbonyl (C=O) groups excluding carboxylic acids is 1. The number of nitrogens with one attached hydrogen (secondary N) is 1. The van der Waals surface area contributed by atoms with Gasteiger partial charge in [0.05, 0.1) is 6.10 Å². The summed E-state index contributed by atoms with van der Waals surface area (Å²) in [5.74, 6) is 0.999. The van der Waals surface area contributed by atoms with E-state index in [2.05, 4.69) is 5.32 Å². The van der Waals surface area contributed by atoms with E-state index >= 15 is 0 Å². The van der Waals surface area contributed by atoms with Crippen molar-refractivity contribution >= 4 is 11.6 Å². The third kappa shape index (κ3) is 4.13. The van der Waals surface area contributed by atoms with Crippen LogP contribution < -0.4 is 10.1 Å². The number of nitrogens with zero attached hydrogens (tertiary/aromatic N) is 1. The molecule has 1 aromatic carbocycles. The number of hydrogen-bond donors (Lipinski definition) is 1. The fourth-order valence-electron chi connectivity index (χ4n) is 2.42. The topological polar surface area (TPSA) is 43.3 Å². The predicted molar refractivity (Wildman–Crippen MR) is 89.1 cm³/mol. The summed E-state index contributed by atoms with van der Waals surface area (Å²) in [6.07, 6.45) is 3.98. The largest absolute Gasteiger partial charge is 0.491 e. The zero-order valence-electron chi connectivity index (χ0n) is 13.6. The normalized spacial score (nSPS) is 12.5. The van der Waals surface area contributed by atoms with E-state index in [9.17, 15) is 4.79 Å². The molecule has 4 nitrogen and oxygen atoms in total. The van der Waals surface area contributed by atoms with Gasteiger partial charge in [0.25, 0.3) is 0 Å². The van der Waals surface area contributed by atoms with Crippen molar-refractivity contribution < 1.29 is 9.53 Å². The third-order valence-corrected chi connectivity index (χ3v) is 3.34. The minimum atomic E-state index is -0.221. The summed E-state index contributed by atoms with van der Waals surface area (Å²) in [6.45, 7) is 8.06. The summed E-state index contributed by atoms with van der Waals surface area (Å²) >= 11 is 0. The van der Waals surface area contributed by atoms with Crippen molar-refractivity contribution in [3.8, 4) is 5.75 Å². The van der Waals surface area contributed by atoms with Crippen LogP contribution in [0.25, 0.3) is 0 Å². The lowest BCUT2D eigenvalue weighted by atomic mass is 10.0. The second kappa shape index (κ2) is 7.16. The lowest BCUT2D eigenvalue weighted by molar-refractivity contribution is -0.120. The van der Waals surface area contributed by atoms with Crippen molar-refractivity contribution in [2.45, 2.75) is 39.8 Å². The number of amides is 1. The van der Waals surface area contributed by atoms with Crippen LogP contribution in [0.4, 0.5) is 5.69 Å². The second-order valence-corrected chi connectivity index (χ2v) is 6.00. The molecule has 0 unspecified atom stereocenters. The van der Waals surface area contributed by atoms with Crippen LogP contribution in [-0.2, 0) is 4.79 Å². The van der Waals surface area contributed by atoms with Gasteiger partial charge in [0, 0.05) is 18.1 Å². The van der Waals surface area contributed by atoms with E-state index in [4.69, 9.17) is 4.74 Å². The third-order valence-electron chi connectivity index (χ3n) is 3.34. The van der Waals surface area contributed by atoms with E-state index < -0.39 is 0 Å². The molecule has 0 aliphatic rings. The molecule has 1 aromatic heterocycles. The smallest absolute Gasteiger partial charge is 0.247 e. The highest BCUT2D eigenvalue weighted by molar-refractivity contribution is 5.93. The molecule has 0 bridgehead atoms. The van der Waals surface area contributed by atoms with Crippen LogP contribution in [-0.4, -0.2) is 16.6 Å². The molecule has 4 heteroatoms. The molecule has 1 heterocycles. The van der Waals surface area contributed by atoms with Gasteiger partial charge in [-0.15, -0.1) is 0 Å². The summed E-state index contributed by atoms with van der Waals surface area (Å²) in [7, 11) is 0. The summed E-state index contributed by atoms with van der Waals surface area (Å²) in [5, 5.41) is 2.98. The summed E-state index contributed by atoms with van der Waals surface area (Å²) in [4.78, 5) is 12.6. The Labute approximate surface area is 132 Å². The highest BCUT2D eigenvalue weighted by Crippen LogP contribution is 2.22. The van der Waals surface area contributed by atoms with Gasteiger partial charge >= 0.3 is 0 Å². The Morgan fingerprint density at radius 1 is 1.05 bits per heavy atom. The molecular weight excluding hydrogens is 276 g/mol. The van der Waals surface area contributed by atoms with Gasteiger partial charge in [-0.1, -0.05) is 13.8 Å². The Kier molecular flexibility index (Phi) is 5.26. The maximum atomic E-state index is 12.6. The maximum absolute atomic E-state index is 12.6. The van der Waals surface area contributed by atoms with Gasteiger partial charge in [0.2, 0.25) is 5.91 Å². The first kappa shape index (κ1) is 16.1. The fraction of sp³-hybridized carbons (Fsp3) is 0.389. The predicted octanol–water partition coefficient (Wildman–Crippen LogP) is 4.11. The quantitative estimate of drug-likeness (QED) is 0.872. The molecule has 2 aromatic rings. The van der Waals surface area contributed by atoms with Crippen LogP contribution in [0, 0.1) is 5.92 Å². The molecule has 0 spiro atoms. The Morgan fingerprint density at radius 2 is 1.64 bits per heavy atom. The van der Waals surface area contributed by atoms with Gasteiger partial charge in [-0.2, -0.15) is 0 Å². The minimum absolute atomic E-state index is 0.0104. The van der Waals surface area contributed by atoms with Gasteiger partial charge < -0.3 is 14.6 Å². The van der Waals surface area contributed by atoms with E-state index in [1.807, 2.05) is 81.1 Å². The minimum Gasteiger partial charge on any atom is -0.491 e. The average Bonchev–Trinajstić information content (AvgIpc) is 2.94. The van der Waals surface area contributed by atoms with Crippen LogP contribution in [0.5, 0.6) is 5.75 Å². The highest BCUT2D eigenvalue weighted by atomic mass is 16.5. The first-order valence-corrected chi connectivity index (χ1v) is 7.67. The van der Waals surface area contributed by atoms with E-state index in [1.54, 1.807) is 0 Å². The molecule has 0 radical (unpaired) electrons. The molecule has 1 atom stereocenters. The summed E-state index contributed by atoms with van der Waals surface area (Å²) in [6, 6.07) is 11.1. The van der Waals surface area contributed by atoms with Gasteiger partial charge in [-0.3, -0.25) is 4.79 Å². The molecule has 118 valence electrons. The van der Waals surface area contributed by atoms with Gasteiger partial charge in [0.15, 0.2) is 0 Å². The Bertz CT molecular complexity index is 586. The number of carbonyl (C=O) groups is 1. The van der Waals surface area contributed by atoms with Crippen molar-refractivity contribution in [1.29, 1.82) is 0 Å². The van der Waals surface area contributed by atoms with Crippen LogP contribution in [0.2, 0.25) is 0 Å². The Balaban J connectivity index is 2.07. The van der Waals surface area contributed by atoms with E-state index in [0.29, 0.717) is 0 Å². The lowest BCUT2D eigenvalue weighted by Gasteiger charge is -2.22. The van der Waals surface area contributed by atoms with Gasteiger partial charge in [0.1, 0.15) is 11.8 Å². The first-order valence-electron chi connectivity index (χ1n) is 7.67. The number of anilines is 1. The number of rotatable bonds is 6. The van der Waals surface area contributed by atoms with Crippen LogP contribution >= 0.6 is 0 Å². The van der Waals surface area contributed by atoms with Crippen molar-refractivity contribution in [3.63, 3.8) is 0 Å². The lowest BCUT2D eigenvalue weighted by Crippen LogP contribution is -2.29. The molecule has 1 N–H and O–H groups in total. The molecule has 22 heavy (non-hydrogen) atoms. The standard InChI is InChI=1S/C18H24N2O2/c1-13(2)17(20-11-5-6-12-20)18(21)19-15-7-9-16(10-8-15)22-14(3)4/h5-14,17H,1-4H3,(H,19,21)/t17-/m0/s1. The summed E-state index contributed by atoms with van der Waals surface area (Å²) in [5.41, 5.74) is 0.777. The second-order valence-electron chi connectivity index (χ2n) is 6.00. The van der Waals surface area contributed by atoms with Gasteiger partial charge in [-0.05, 0) is 56.2 Å². The molecule has 2 rings (SSSR count). The number of ether oxygens (including phenoxy) is 1. The SMILES string of the molecule is CC(C)Oc1ccc(NC(=O)[C@H](C(C)C)n2cccc2)cc1. The van der Waals surface area contributed by atoms with Crippen molar-refractivity contribution in [2.24, 2.45) is 5.92 Å². The van der Waals surface area contributed by atoms with Gasteiger partial charge in [-0.25, -0.2) is 0 Å². The molecule has 0 saturated heterocycles. The van der Waals surface area contributed by atoms with Crippen LogP contribution in [0.3, 0.4) is 0 Å². The molecule has 1 amide bonds. The summed E-state index contributed by atoms with van der Waals surface area (Å²) < 4.78 is 7.54. The average molecular weight is 300 g/mol. The van der Waals surface area contributed by atoms with E-state index in [0.717, 1.165) is 11.4 Å². The Hall–Kier alpha value is -2.23. The molecular formula is C18H24N2O2. The maximum Gasteiger partial charge on any atom is 0.247 e. The highest BCUT2D eigenvalue weighted by Gasteiger charge is 2.23. The number of aromatic nitrogens is 1. The number of hydrogen-bond acceptors (Lipinski definition) is 2. The fourth-order valence-corrected chi connectivity index (χ4v) is 2.42. The molecule has 0 saturated carbocycles. The molecule has 0 fully saturated rings. The van der Waals surface area contributed by atoms with Crippen molar-refractivity contribution in [3.05, 3.63) is 48.8 Å². The molecule has 0 aliphatic heterocycles. The van der Waals surface area contributed by atoms with E-state index in [1.165, 1.54) is 0 Å². The molecule has 0 aliphatic carbocycles.